The molecule has 0 aliphatic carbocycles. The van der Waals surface area contributed by atoms with Crippen LogP contribution in [0, 0.1) is 0 Å². The summed E-state index contributed by atoms with van der Waals surface area (Å²) < 4.78 is 10.9. The Morgan fingerprint density at radius 3 is 3.17 bits per heavy atom. The van der Waals surface area contributed by atoms with Crippen LogP contribution >= 0.6 is 0 Å². The zero-order chi connectivity index (χ0) is 16.4. The maximum Gasteiger partial charge on any atom is 0.258 e. The smallest absolute Gasteiger partial charge is 0.258 e. The number of anilines is 1. The standard InChI is InChI=1S/C17H20N4O3/c22-16(13-10-19-24-11-13)21-7-5-17(12-21)9-14(4-8-23-17)20-15-3-1-2-6-18-15/h1-3,6,10-11,14H,4-5,7-9,12H2,(H,18,20)/t14-,17-/m0/s1. The zero-order valence-corrected chi connectivity index (χ0v) is 13.4. The maximum absolute atomic E-state index is 12.5. The summed E-state index contributed by atoms with van der Waals surface area (Å²) in [6, 6.07) is 6.15. The third-order valence-electron chi connectivity index (χ3n) is 4.79. The van der Waals surface area contributed by atoms with Gasteiger partial charge in [0.15, 0.2) is 0 Å². The average Bonchev–Trinajstić information content (AvgIpc) is 3.26. The number of nitrogens with zero attached hydrogens (tertiary/aromatic N) is 3. The predicted molar refractivity (Wildman–Crippen MR) is 86.6 cm³/mol. The number of rotatable bonds is 3. The van der Waals surface area contributed by atoms with Gasteiger partial charge in [-0.1, -0.05) is 11.2 Å². The van der Waals surface area contributed by atoms with E-state index in [2.05, 4.69) is 15.5 Å². The number of hydrogen-bond acceptors (Lipinski definition) is 6. The highest BCUT2D eigenvalue weighted by atomic mass is 16.5. The summed E-state index contributed by atoms with van der Waals surface area (Å²) in [7, 11) is 0. The minimum Gasteiger partial charge on any atom is -0.373 e. The summed E-state index contributed by atoms with van der Waals surface area (Å²) in [5, 5.41) is 7.09. The van der Waals surface area contributed by atoms with Gasteiger partial charge in [-0.3, -0.25) is 4.79 Å². The molecule has 7 nitrogen and oxygen atoms in total. The molecule has 2 saturated heterocycles. The first-order chi connectivity index (χ1) is 11.7. The van der Waals surface area contributed by atoms with E-state index in [4.69, 9.17) is 9.26 Å². The fourth-order valence-electron chi connectivity index (χ4n) is 3.60. The van der Waals surface area contributed by atoms with Gasteiger partial charge in [0.1, 0.15) is 12.1 Å². The average molecular weight is 328 g/mol. The first-order valence-corrected chi connectivity index (χ1v) is 8.24. The summed E-state index contributed by atoms with van der Waals surface area (Å²) >= 11 is 0. The molecule has 1 N–H and O–H groups in total. The van der Waals surface area contributed by atoms with Gasteiger partial charge in [-0.05, 0) is 31.4 Å². The molecule has 2 fully saturated rings. The van der Waals surface area contributed by atoms with Gasteiger partial charge in [0, 0.05) is 25.4 Å². The van der Waals surface area contributed by atoms with E-state index in [1.54, 1.807) is 6.20 Å². The Hall–Kier alpha value is -2.41. The Kier molecular flexibility index (Phi) is 3.93. The summed E-state index contributed by atoms with van der Waals surface area (Å²) in [6.45, 7) is 2.00. The van der Waals surface area contributed by atoms with E-state index in [1.165, 1.54) is 12.5 Å². The minimum absolute atomic E-state index is 0.0449. The lowest BCUT2D eigenvalue weighted by Gasteiger charge is -2.38. The van der Waals surface area contributed by atoms with Gasteiger partial charge in [-0.25, -0.2) is 4.98 Å². The molecule has 0 saturated carbocycles. The Morgan fingerprint density at radius 1 is 1.42 bits per heavy atom. The molecule has 2 aromatic rings. The number of likely N-dealkylation sites (tertiary alicyclic amines) is 1. The van der Waals surface area contributed by atoms with E-state index in [0.717, 1.165) is 25.1 Å². The molecule has 2 aliphatic rings. The number of carbonyl (C=O) groups excluding carboxylic acids is 1. The van der Waals surface area contributed by atoms with Crippen molar-refractivity contribution in [2.75, 3.05) is 25.0 Å². The van der Waals surface area contributed by atoms with Crippen LogP contribution in [0.4, 0.5) is 5.82 Å². The van der Waals surface area contributed by atoms with E-state index >= 15 is 0 Å². The van der Waals surface area contributed by atoms with Crippen LogP contribution in [0.2, 0.25) is 0 Å². The van der Waals surface area contributed by atoms with Crippen molar-refractivity contribution in [1.29, 1.82) is 0 Å². The van der Waals surface area contributed by atoms with Crippen molar-refractivity contribution in [3.8, 4) is 0 Å². The SMILES string of the molecule is O=C(c1cnoc1)N1CC[C@]2(C[C@@H](Nc3ccccn3)CCO2)C1. The molecule has 2 aliphatic heterocycles. The molecule has 0 bridgehead atoms. The summed E-state index contributed by atoms with van der Waals surface area (Å²) in [6.07, 6.45) is 7.30. The highest BCUT2D eigenvalue weighted by molar-refractivity contribution is 5.93. The van der Waals surface area contributed by atoms with Gasteiger partial charge in [-0.15, -0.1) is 0 Å². The Labute approximate surface area is 140 Å². The molecule has 24 heavy (non-hydrogen) atoms. The molecular formula is C17H20N4O3. The third kappa shape index (κ3) is 2.99. The fourth-order valence-corrected chi connectivity index (χ4v) is 3.60. The van der Waals surface area contributed by atoms with Gasteiger partial charge in [0.25, 0.3) is 5.91 Å². The van der Waals surface area contributed by atoms with Crippen molar-refractivity contribution < 1.29 is 14.1 Å². The Balaban J connectivity index is 1.41. The molecule has 4 heterocycles. The van der Waals surface area contributed by atoms with Gasteiger partial charge in [-0.2, -0.15) is 0 Å². The van der Waals surface area contributed by atoms with Crippen LogP contribution in [0.5, 0.6) is 0 Å². The second-order valence-electron chi connectivity index (χ2n) is 6.47. The maximum atomic E-state index is 12.5. The second-order valence-corrected chi connectivity index (χ2v) is 6.47. The molecule has 2 atom stereocenters. The normalized spacial score (nSPS) is 26.7. The Morgan fingerprint density at radius 2 is 2.38 bits per heavy atom. The molecule has 1 spiro atoms. The first-order valence-electron chi connectivity index (χ1n) is 8.24. The lowest BCUT2D eigenvalue weighted by Crippen LogP contribution is -2.47. The van der Waals surface area contributed by atoms with Crippen LogP contribution in [0.1, 0.15) is 29.6 Å². The third-order valence-corrected chi connectivity index (χ3v) is 4.79. The number of aromatic nitrogens is 2. The number of pyridine rings is 1. The number of nitrogens with one attached hydrogen (secondary N) is 1. The lowest BCUT2D eigenvalue weighted by molar-refractivity contribution is -0.0720. The molecule has 126 valence electrons. The molecule has 0 radical (unpaired) electrons. The van der Waals surface area contributed by atoms with E-state index < -0.39 is 0 Å². The Bertz CT molecular complexity index is 691. The number of hydrogen-bond donors (Lipinski definition) is 1. The van der Waals surface area contributed by atoms with Crippen molar-refractivity contribution in [1.82, 2.24) is 15.0 Å². The molecule has 0 unspecified atom stereocenters. The van der Waals surface area contributed by atoms with Crippen LogP contribution in [-0.4, -0.2) is 52.3 Å². The number of carbonyl (C=O) groups is 1. The number of amides is 1. The van der Waals surface area contributed by atoms with Crippen LogP contribution in [0.25, 0.3) is 0 Å². The van der Waals surface area contributed by atoms with Crippen molar-refractivity contribution in [3.63, 3.8) is 0 Å². The quantitative estimate of drug-likeness (QED) is 0.927. The largest absolute Gasteiger partial charge is 0.373 e. The number of ether oxygens (including phenoxy) is 1. The molecule has 4 rings (SSSR count). The minimum atomic E-state index is -0.266. The van der Waals surface area contributed by atoms with Crippen molar-refractivity contribution in [2.24, 2.45) is 0 Å². The first kappa shape index (κ1) is 15.1. The van der Waals surface area contributed by atoms with Crippen LogP contribution in [0.3, 0.4) is 0 Å². The van der Waals surface area contributed by atoms with E-state index in [0.29, 0.717) is 31.3 Å². The summed E-state index contributed by atoms with van der Waals surface area (Å²) in [5.41, 5.74) is 0.225. The zero-order valence-electron chi connectivity index (χ0n) is 13.4. The highest BCUT2D eigenvalue weighted by Crippen LogP contribution is 2.35. The van der Waals surface area contributed by atoms with Crippen LogP contribution < -0.4 is 5.32 Å². The van der Waals surface area contributed by atoms with Crippen LogP contribution in [0.15, 0.2) is 41.4 Å². The van der Waals surface area contributed by atoms with Gasteiger partial charge in [0.05, 0.1) is 23.9 Å². The highest BCUT2D eigenvalue weighted by Gasteiger charge is 2.45. The van der Waals surface area contributed by atoms with Crippen LogP contribution in [-0.2, 0) is 4.74 Å². The topological polar surface area (TPSA) is 80.5 Å². The molecule has 7 heteroatoms. The van der Waals surface area contributed by atoms with Crippen molar-refractivity contribution in [3.05, 3.63) is 42.4 Å². The molecular weight excluding hydrogens is 308 g/mol. The summed E-state index contributed by atoms with van der Waals surface area (Å²) in [4.78, 5) is 18.6. The van der Waals surface area contributed by atoms with Gasteiger partial charge in [0.2, 0.25) is 0 Å². The lowest BCUT2D eigenvalue weighted by atomic mass is 9.89. The predicted octanol–water partition coefficient (Wildman–Crippen LogP) is 1.95. The molecule has 1 amide bonds. The van der Waals surface area contributed by atoms with E-state index in [-0.39, 0.29) is 11.5 Å². The van der Waals surface area contributed by atoms with Gasteiger partial charge >= 0.3 is 0 Å². The van der Waals surface area contributed by atoms with Crippen molar-refractivity contribution >= 4 is 11.7 Å². The molecule has 0 aromatic carbocycles. The molecule has 2 aromatic heterocycles. The summed E-state index contributed by atoms with van der Waals surface area (Å²) in [5.74, 6) is 0.839. The van der Waals surface area contributed by atoms with E-state index in [9.17, 15) is 4.79 Å². The van der Waals surface area contributed by atoms with Crippen molar-refractivity contribution in [2.45, 2.75) is 30.9 Å². The fraction of sp³-hybridized carbons (Fsp3) is 0.471. The second kappa shape index (κ2) is 6.24. The van der Waals surface area contributed by atoms with E-state index in [1.807, 2.05) is 23.1 Å². The monoisotopic (exact) mass is 328 g/mol. The van der Waals surface area contributed by atoms with Gasteiger partial charge < -0.3 is 19.5 Å².